The lowest BCUT2D eigenvalue weighted by atomic mass is 9.87. The summed E-state index contributed by atoms with van der Waals surface area (Å²) in [5.41, 5.74) is -0.128. The Morgan fingerprint density at radius 3 is 2.56 bits per heavy atom. The molecule has 1 aromatic heterocycles. The molecule has 0 saturated carbocycles. The van der Waals surface area contributed by atoms with Crippen LogP contribution in [0.2, 0.25) is 0 Å². The van der Waals surface area contributed by atoms with E-state index < -0.39 is 6.10 Å². The van der Waals surface area contributed by atoms with Crippen molar-refractivity contribution in [2.24, 2.45) is 5.41 Å². The molecule has 6 heteroatoms. The molecule has 1 amide bonds. The summed E-state index contributed by atoms with van der Waals surface area (Å²) in [5, 5.41) is 18.0. The fourth-order valence-electron chi connectivity index (χ4n) is 3.34. The van der Waals surface area contributed by atoms with E-state index >= 15 is 0 Å². The molecule has 0 aliphatic rings. The van der Waals surface area contributed by atoms with Gasteiger partial charge in [0.15, 0.2) is 5.69 Å². The minimum absolute atomic E-state index is 0.160. The van der Waals surface area contributed by atoms with Gasteiger partial charge in [-0.2, -0.15) is 5.10 Å². The number of nitrogens with one attached hydrogen (secondary N) is 1. The zero-order valence-electron chi connectivity index (χ0n) is 16.8. The third-order valence-corrected chi connectivity index (χ3v) is 4.63. The van der Waals surface area contributed by atoms with E-state index in [1.807, 2.05) is 13.8 Å². The topological polar surface area (TPSA) is 84.2 Å². The fraction of sp³-hybridized carbons (Fsp3) is 0.571. The minimum atomic E-state index is -0.434. The van der Waals surface area contributed by atoms with Crippen molar-refractivity contribution >= 4 is 16.7 Å². The van der Waals surface area contributed by atoms with Crippen molar-refractivity contribution < 1.29 is 9.90 Å². The summed E-state index contributed by atoms with van der Waals surface area (Å²) < 4.78 is 1.41. The number of amides is 1. The Balaban J connectivity index is 2.31. The quantitative estimate of drug-likeness (QED) is 0.662. The van der Waals surface area contributed by atoms with Crippen LogP contribution in [0.4, 0.5) is 0 Å². The Morgan fingerprint density at radius 2 is 1.93 bits per heavy atom. The summed E-state index contributed by atoms with van der Waals surface area (Å²) >= 11 is 0. The van der Waals surface area contributed by atoms with Crippen molar-refractivity contribution in [2.75, 3.05) is 6.54 Å². The average Bonchev–Trinajstić information content (AvgIpc) is 2.61. The molecule has 1 heterocycles. The maximum Gasteiger partial charge on any atom is 0.274 e. The van der Waals surface area contributed by atoms with Crippen LogP contribution in [0.15, 0.2) is 29.1 Å². The number of aryl methyl sites for hydroxylation is 1. The van der Waals surface area contributed by atoms with Crippen LogP contribution < -0.4 is 10.9 Å². The van der Waals surface area contributed by atoms with E-state index in [4.69, 9.17) is 0 Å². The number of aliphatic hydroxyl groups is 1. The number of hydrogen-bond donors (Lipinski definition) is 2. The van der Waals surface area contributed by atoms with E-state index in [0.717, 1.165) is 19.3 Å². The summed E-state index contributed by atoms with van der Waals surface area (Å²) in [6.45, 7) is 8.76. The molecule has 0 bridgehead atoms. The predicted molar refractivity (Wildman–Crippen MR) is 108 cm³/mol. The molecule has 6 nitrogen and oxygen atoms in total. The molecule has 0 fully saturated rings. The molecule has 0 unspecified atom stereocenters. The second-order valence-electron chi connectivity index (χ2n) is 8.03. The van der Waals surface area contributed by atoms with E-state index in [1.165, 1.54) is 4.68 Å². The van der Waals surface area contributed by atoms with Crippen LogP contribution in [0.5, 0.6) is 0 Å². The number of carbonyl (C=O) groups excluding carboxylic acids is 1. The minimum Gasteiger partial charge on any atom is -0.393 e. The Labute approximate surface area is 160 Å². The van der Waals surface area contributed by atoms with Gasteiger partial charge in [0.2, 0.25) is 0 Å². The van der Waals surface area contributed by atoms with Crippen LogP contribution in [0, 0.1) is 5.41 Å². The molecular formula is C21H31N3O3. The molecule has 2 N–H and O–H groups in total. The van der Waals surface area contributed by atoms with Crippen LogP contribution >= 0.6 is 0 Å². The van der Waals surface area contributed by atoms with Gasteiger partial charge < -0.3 is 10.4 Å². The van der Waals surface area contributed by atoms with Crippen LogP contribution in [-0.4, -0.2) is 33.4 Å². The summed E-state index contributed by atoms with van der Waals surface area (Å²) in [7, 11) is 0. The number of unbranched alkanes of at least 4 members (excludes halogenated alkanes) is 2. The number of rotatable bonds is 9. The lowest BCUT2D eigenvalue weighted by molar-refractivity contribution is 0.0896. The van der Waals surface area contributed by atoms with E-state index in [1.54, 1.807) is 31.2 Å². The first kappa shape index (κ1) is 21.1. The Hall–Kier alpha value is -2.21. The highest BCUT2D eigenvalue weighted by Gasteiger charge is 2.23. The van der Waals surface area contributed by atoms with Gasteiger partial charge in [0, 0.05) is 18.5 Å². The number of hydrogen-bond acceptors (Lipinski definition) is 4. The number of aliphatic hydroxyl groups excluding tert-OH is 1. The van der Waals surface area contributed by atoms with Gasteiger partial charge in [-0.25, -0.2) is 4.68 Å². The Kier molecular flexibility index (Phi) is 7.13. The number of aromatic nitrogens is 2. The van der Waals surface area contributed by atoms with Crippen molar-refractivity contribution in [2.45, 2.75) is 66.0 Å². The molecule has 0 saturated heterocycles. The normalized spacial score (nSPS) is 12.9. The molecule has 0 spiro atoms. The molecule has 2 rings (SSSR count). The highest BCUT2D eigenvalue weighted by atomic mass is 16.3. The van der Waals surface area contributed by atoms with Gasteiger partial charge in [-0.3, -0.25) is 9.59 Å². The van der Waals surface area contributed by atoms with Gasteiger partial charge >= 0.3 is 0 Å². The molecular weight excluding hydrogens is 342 g/mol. The van der Waals surface area contributed by atoms with Crippen LogP contribution in [0.1, 0.15) is 63.9 Å². The second-order valence-corrected chi connectivity index (χ2v) is 8.03. The molecule has 0 aliphatic heterocycles. The molecule has 148 valence electrons. The van der Waals surface area contributed by atoms with E-state index in [0.29, 0.717) is 30.3 Å². The summed E-state index contributed by atoms with van der Waals surface area (Å²) in [6, 6.07) is 7.10. The first-order chi connectivity index (χ1) is 12.7. The van der Waals surface area contributed by atoms with Gasteiger partial charge in [-0.15, -0.1) is 0 Å². The standard InChI is InChI=1S/C21H31N3O3/c1-5-6-9-12-24-20(27)17-11-8-7-10-16(17)18(23-24)19(26)22-14-21(3,4)13-15(2)25/h7-8,10-11,15,25H,5-6,9,12-14H2,1-4H3,(H,22,26)/t15-/m1/s1. The molecule has 27 heavy (non-hydrogen) atoms. The predicted octanol–water partition coefficient (Wildman–Crippen LogP) is 3.11. The second kappa shape index (κ2) is 9.13. The van der Waals surface area contributed by atoms with Gasteiger partial charge in [0.25, 0.3) is 11.5 Å². The van der Waals surface area contributed by atoms with Gasteiger partial charge in [0.1, 0.15) is 0 Å². The first-order valence-corrected chi connectivity index (χ1v) is 9.71. The molecule has 1 atom stereocenters. The van der Waals surface area contributed by atoms with Crippen molar-refractivity contribution in [3.8, 4) is 0 Å². The number of nitrogens with zero attached hydrogens (tertiary/aromatic N) is 2. The van der Waals surface area contributed by atoms with Crippen LogP contribution in [-0.2, 0) is 6.54 Å². The van der Waals surface area contributed by atoms with Gasteiger partial charge in [-0.1, -0.05) is 51.8 Å². The zero-order valence-corrected chi connectivity index (χ0v) is 16.8. The fourth-order valence-corrected chi connectivity index (χ4v) is 3.34. The third kappa shape index (κ3) is 5.63. The van der Waals surface area contributed by atoms with E-state index in [-0.39, 0.29) is 22.6 Å². The highest BCUT2D eigenvalue weighted by molar-refractivity contribution is 6.04. The van der Waals surface area contributed by atoms with Gasteiger partial charge in [-0.05, 0) is 31.2 Å². The van der Waals surface area contributed by atoms with E-state index in [9.17, 15) is 14.7 Å². The van der Waals surface area contributed by atoms with Crippen molar-refractivity contribution in [3.05, 3.63) is 40.3 Å². The smallest absolute Gasteiger partial charge is 0.274 e. The van der Waals surface area contributed by atoms with Crippen LogP contribution in [0.25, 0.3) is 10.8 Å². The Bertz CT molecular complexity index is 840. The Morgan fingerprint density at radius 1 is 1.26 bits per heavy atom. The van der Waals surface area contributed by atoms with Crippen molar-refractivity contribution in [1.29, 1.82) is 0 Å². The monoisotopic (exact) mass is 373 g/mol. The largest absolute Gasteiger partial charge is 0.393 e. The summed E-state index contributed by atoms with van der Waals surface area (Å²) in [6.07, 6.45) is 3.06. The lowest BCUT2D eigenvalue weighted by Crippen LogP contribution is -2.37. The average molecular weight is 373 g/mol. The molecule has 1 aromatic carbocycles. The zero-order chi connectivity index (χ0) is 20.0. The maximum absolute atomic E-state index is 12.8. The lowest BCUT2D eigenvalue weighted by Gasteiger charge is -2.26. The molecule has 0 aliphatic carbocycles. The molecule has 2 aromatic rings. The summed E-state index contributed by atoms with van der Waals surface area (Å²) in [4.78, 5) is 25.5. The SMILES string of the molecule is CCCCCn1nc(C(=O)NCC(C)(C)C[C@@H](C)O)c2ccccc2c1=O. The number of carbonyl (C=O) groups is 1. The molecule has 0 radical (unpaired) electrons. The number of benzene rings is 1. The first-order valence-electron chi connectivity index (χ1n) is 9.71. The van der Waals surface area contributed by atoms with Crippen molar-refractivity contribution in [1.82, 2.24) is 15.1 Å². The third-order valence-electron chi connectivity index (χ3n) is 4.63. The number of fused-ring (bicyclic) bond motifs is 1. The van der Waals surface area contributed by atoms with E-state index in [2.05, 4.69) is 17.3 Å². The van der Waals surface area contributed by atoms with Crippen molar-refractivity contribution in [3.63, 3.8) is 0 Å². The summed E-state index contributed by atoms with van der Waals surface area (Å²) in [5.74, 6) is -0.297. The van der Waals surface area contributed by atoms with Gasteiger partial charge in [0.05, 0.1) is 11.5 Å². The van der Waals surface area contributed by atoms with Crippen LogP contribution in [0.3, 0.4) is 0 Å². The maximum atomic E-state index is 12.8. The highest BCUT2D eigenvalue weighted by Crippen LogP contribution is 2.21.